The fourth-order valence-corrected chi connectivity index (χ4v) is 4.25. The lowest BCUT2D eigenvalue weighted by molar-refractivity contribution is -0.385. The minimum absolute atomic E-state index is 0.0504. The predicted molar refractivity (Wildman–Crippen MR) is 117 cm³/mol. The maximum Gasteiger partial charge on any atom is 0.277 e. The van der Waals surface area contributed by atoms with Crippen LogP contribution in [0, 0.1) is 17.0 Å². The van der Waals surface area contributed by atoms with E-state index < -0.39 is 0 Å². The summed E-state index contributed by atoms with van der Waals surface area (Å²) >= 11 is 0. The molecule has 162 valence electrons. The third-order valence-electron chi connectivity index (χ3n) is 5.88. The van der Waals surface area contributed by atoms with E-state index in [1.54, 1.807) is 13.2 Å². The average molecular weight is 414 g/mol. The minimum Gasteiger partial charge on any atom is -0.493 e. The molecule has 30 heavy (non-hydrogen) atoms. The molecule has 1 aliphatic rings. The molecule has 1 saturated carbocycles. The van der Waals surface area contributed by atoms with E-state index in [0.717, 1.165) is 32.2 Å². The number of nitro benzene ring substituents is 1. The first-order chi connectivity index (χ1) is 14.4. The maximum atomic E-state index is 11.8. The standard InChI is InChI=1S/C23H31N3O4/c1-16-5-4-6-17(11-16)14-25(20-9-7-19(24)8-10-20)15-18-12-22(29-2)23(30-3)13-21(18)26(27)28/h4-6,11-13,19-20H,7-10,14-15,24H2,1-3H3. The first-order valence-corrected chi connectivity index (χ1v) is 10.4. The van der Waals surface area contributed by atoms with Gasteiger partial charge in [-0.15, -0.1) is 0 Å². The zero-order valence-electron chi connectivity index (χ0n) is 18.0. The van der Waals surface area contributed by atoms with E-state index in [9.17, 15) is 10.1 Å². The molecule has 1 aliphatic carbocycles. The molecule has 0 aromatic heterocycles. The van der Waals surface area contributed by atoms with Crippen molar-refractivity contribution in [3.63, 3.8) is 0 Å². The summed E-state index contributed by atoms with van der Waals surface area (Å²) in [5.74, 6) is 0.862. The van der Waals surface area contributed by atoms with Gasteiger partial charge in [-0.25, -0.2) is 0 Å². The molecular formula is C23H31N3O4. The molecule has 0 heterocycles. The number of nitrogens with two attached hydrogens (primary N) is 1. The molecular weight excluding hydrogens is 382 g/mol. The predicted octanol–water partition coefficient (Wildman–Crippen LogP) is 4.19. The highest BCUT2D eigenvalue weighted by Gasteiger charge is 2.28. The molecule has 7 heteroatoms. The molecule has 0 saturated heterocycles. The van der Waals surface area contributed by atoms with E-state index >= 15 is 0 Å². The van der Waals surface area contributed by atoms with E-state index in [-0.39, 0.29) is 16.7 Å². The maximum absolute atomic E-state index is 11.8. The minimum atomic E-state index is -0.348. The van der Waals surface area contributed by atoms with Gasteiger partial charge in [0.25, 0.3) is 5.69 Å². The summed E-state index contributed by atoms with van der Waals surface area (Å²) in [4.78, 5) is 13.8. The smallest absolute Gasteiger partial charge is 0.277 e. The molecule has 0 bridgehead atoms. The van der Waals surface area contributed by atoms with Gasteiger partial charge >= 0.3 is 0 Å². The summed E-state index contributed by atoms with van der Waals surface area (Å²) in [6, 6.07) is 12.2. The Kier molecular flexibility index (Phi) is 7.29. The van der Waals surface area contributed by atoms with E-state index in [2.05, 4.69) is 36.1 Å². The molecule has 0 amide bonds. The zero-order chi connectivity index (χ0) is 21.7. The van der Waals surface area contributed by atoms with Crippen molar-refractivity contribution in [1.82, 2.24) is 4.90 Å². The Bertz CT molecular complexity index is 879. The van der Waals surface area contributed by atoms with Crippen LogP contribution in [-0.2, 0) is 13.1 Å². The average Bonchev–Trinajstić information content (AvgIpc) is 2.73. The fourth-order valence-electron chi connectivity index (χ4n) is 4.25. The summed E-state index contributed by atoms with van der Waals surface area (Å²) < 4.78 is 10.7. The number of rotatable bonds is 8. The number of nitrogens with zero attached hydrogens (tertiary/aromatic N) is 2. The lowest BCUT2D eigenvalue weighted by Crippen LogP contribution is -2.40. The van der Waals surface area contributed by atoms with E-state index in [0.29, 0.717) is 29.6 Å². The number of hydrogen-bond donors (Lipinski definition) is 1. The van der Waals surface area contributed by atoms with Crippen molar-refractivity contribution >= 4 is 5.69 Å². The van der Waals surface area contributed by atoms with E-state index in [1.807, 2.05) is 0 Å². The van der Waals surface area contributed by atoms with Crippen LogP contribution in [0.2, 0.25) is 0 Å². The van der Waals surface area contributed by atoms with Crippen molar-refractivity contribution in [1.29, 1.82) is 0 Å². The highest BCUT2D eigenvalue weighted by Crippen LogP contribution is 2.36. The summed E-state index contributed by atoms with van der Waals surface area (Å²) in [5, 5.41) is 11.8. The molecule has 1 fully saturated rings. The topological polar surface area (TPSA) is 90.9 Å². The Balaban J connectivity index is 1.94. The third-order valence-corrected chi connectivity index (χ3v) is 5.88. The largest absolute Gasteiger partial charge is 0.493 e. The highest BCUT2D eigenvalue weighted by molar-refractivity contribution is 5.54. The zero-order valence-corrected chi connectivity index (χ0v) is 18.0. The quantitative estimate of drug-likeness (QED) is 0.515. The molecule has 2 aromatic carbocycles. The molecule has 0 aliphatic heterocycles. The Morgan fingerprint density at radius 3 is 2.33 bits per heavy atom. The van der Waals surface area contributed by atoms with Gasteiger partial charge in [-0.1, -0.05) is 29.8 Å². The first kappa shape index (κ1) is 22.1. The lowest BCUT2D eigenvalue weighted by atomic mass is 9.90. The van der Waals surface area contributed by atoms with E-state index in [1.165, 1.54) is 24.3 Å². The molecule has 2 N–H and O–H groups in total. The number of ether oxygens (including phenoxy) is 2. The second-order valence-electron chi connectivity index (χ2n) is 8.06. The summed E-state index contributed by atoms with van der Waals surface area (Å²) in [5.41, 5.74) is 9.20. The van der Waals surface area contributed by atoms with Crippen LogP contribution in [-0.4, -0.2) is 36.1 Å². The lowest BCUT2D eigenvalue weighted by Gasteiger charge is -2.36. The molecule has 0 atom stereocenters. The van der Waals surface area contributed by atoms with Gasteiger partial charge in [0, 0.05) is 30.7 Å². The second kappa shape index (κ2) is 9.91. The van der Waals surface area contributed by atoms with Crippen molar-refractivity contribution in [2.24, 2.45) is 5.73 Å². The Morgan fingerprint density at radius 2 is 1.73 bits per heavy atom. The van der Waals surface area contributed by atoms with Gasteiger partial charge in [-0.3, -0.25) is 15.0 Å². The Labute approximate surface area is 177 Å². The van der Waals surface area contributed by atoms with Gasteiger partial charge in [-0.2, -0.15) is 0 Å². The number of benzene rings is 2. The van der Waals surface area contributed by atoms with Crippen LogP contribution in [0.5, 0.6) is 11.5 Å². The second-order valence-corrected chi connectivity index (χ2v) is 8.06. The Hall–Kier alpha value is -2.64. The van der Waals surface area contributed by atoms with Crippen molar-refractivity contribution in [3.8, 4) is 11.5 Å². The molecule has 0 unspecified atom stereocenters. The summed E-state index contributed by atoms with van der Waals surface area (Å²) in [6.07, 6.45) is 3.94. The van der Waals surface area contributed by atoms with Crippen molar-refractivity contribution in [2.75, 3.05) is 14.2 Å². The van der Waals surface area contributed by atoms with E-state index in [4.69, 9.17) is 15.2 Å². The van der Waals surface area contributed by atoms with Crippen LogP contribution in [0.15, 0.2) is 36.4 Å². The van der Waals surface area contributed by atoms with Crippen LogP contribution in [0.1, 0.15) is 42.4 Å². The molecule has 0 spiro atoms. The fraction of sp³-hybridized carbons (Fsp3) is 0.478. The van der Waals surface area contributed by atoms with Gasteiger partial charge in [0.2, 0.25) is 0 Å². The van der Waals surface area contributed by atoms with Crippen LogP contribution >= 0.6 is 0 Å². The van der Waals surface area contributed by atoms with Crippen molar-refractivity contribution in [2.45, 2.75) is 57.8 Å². The monoisotopic (exact) mass is 413 g/mol. The van der Waals surface area contributed by atoms with Crippen LogP contribution in [0.25, 0.3) is 0 Å². The van der Waals surface area contributed by atoms with Gasteiger partial charge < -0.3 is 15.2 Å². The summed E-state index contributed by atoms with van der Waals surface area (Å²) in [7, 11) is 3.02. The van der Waals surface area contributed by atoms with Crippen LogP contribution < -0.4 is 15.2 Å². The van der Waals surface area contributed by atoms with Gasteiger partial charge in [0.05, 0.1) is 25.2 Å². The normalized spacial score (nSPS) is 19.0. The van der Waals surface area contributed by atoms with Crippen molar-refractivity contribution < 1.29 is 14.4 Å². The third kappa shape index (κ3) is 5.29. The first-order valence-electron chi connectivity index (χ1n) is 10.4. The highest BCUT2D eigenvalue weighted by atomic mass is 16.6. The number of aryl methyl sites for hydroxylation is 1. The molecule has 0 radical (unpaired) electrons. The molecule has 2 aromatic rings. The SMILES string of the molecule is COc1cc(CN(Cc2cccc(C)c2)C2CCC(N)CC2)c([N+](=O)[O-])cc1OC. The number of hydrogen-bond acceptors (Lipinski definition) is 6. The van der Waals surface area contributed by atoms with Gasteiger partial charge in [0.1, 0.15) is 0 Å². The molecule has 3 rings (SSSR count). The molecule has 7 nitrogen and oxygen atoms in total. The van der Waals surface area contributed by atoms with Crippen LogP contribution in [0.4, 0.5) is 5.69 Å². The Morgan fingerprint density at radius 1 is 1.07 bits per heavy atom. The summed E-state index contributed by atoms with van der Waals surface area (Å²) in [6.45, 7) is 3.27. The van der Waals surface area contributed by atoms with Crippen LogP contribution in [0.3, 0.4) is 0 Å². The number of nitro groups is 1. The van der Waals surface area contributed by atoms with Gasteiger partial charge in [0.15, 0.2) is 11.5 Å². The van der Waals surface area contributed by atoms with Crippen molar-refractivity contribution in [3.05, 3.63) is 63.2 Å². The number of methoxy groups -OCH3 is 2. The van der Waals surface area contributed by atoms with Gasteiger partial charge in [-0.05, 0) is 44.2 Å².